The van der Waals surface area contributed by atoms with Crippen molar-refractivity contribution < 1.29 is 9.49 Å². The molecule has 4 heteroatoms. The molecular weight excluding hydrogens is 264 g/mol. The Morgan fingerprint density at radius 1 is 1.00 bits per heavy atom. The minimum absolute atomic E-state index is 0.319. The third-order valence-electron chi connectivity index (χ3n) is 3.52. The van der Waals surface area contributed by atoms with Crippen LogP contribution in [0.2, 0.25) is 0 Å². The molecule has 0 saturated carbocycles. The lowest BCUT2D eigenvalue weighted by atomic mass is 10.1. The summed E-state index contributed by atoms with van der Waals surface area (Å²) in [5.74, 6) is 0.688. The molecule has 4 nitrogen and oxygen atoms in total. The molecule has 0 N–H and O–H groups in total. The summed E-state index contributed by atoms with van der Waals surface area (Å²) in [6.07, 6.45) is 7.08. The highest BCUT2D eigenvalue weighted by atomic mass is 16.7. The topological polar surface area (TPSA) is 35.5 Å². The number of nitrogens with zero attached hydrogens (tertiary/aromatic N) is 2. The smallest absolute Gasteiger partial charge is 0.263 e. The Balaban J connectivity index is 2.36. The van der Waals surface area contributed by atoms with Crippen molar-refractivity contribution in [3.63, 3.8) is 0 Å². The van der Waals surface area contributed by atoms with Crippen LogP contribution in [0.4, 0.5) is 0 Å². The largest absolute Gasteiger partial charge is 0.598 e. The summed E-state index contributed by atoms with van der Waals surface area (Å²) >= 11 is 0. The maximum atomic E-state index is 13.5. The first kappa shape index (κ1) is 15.6. The fraction of sp³-hybridized carbons (Fsp3) is 0.412. The summed E-state index contributed by atoms with van der Waals surface area (Å²) in [5.41, 5.74) is -1.31. The molecule has 0 bridgehead atoms. The number of para-hydroxylation sites is 1. The summed E-state index contributed by atoms with van der Waals surface area (Å²) in [4.78, 5) is 0. The lowest BCUT2D eigenvalue weighted by Crippen LogP contribution is -2.68. The van der Waals surface area contributed by atoms with Gasteiger partial charge in [-0.3, -0.25) is 0 Å². The van der Waals surface area contributed by atoms with E-state index in [-0.39, 0.29) is 5.54 Å². The normalized spacial score (nSPS) is 22.5. The maximum absolute atomic E-state index is 13.5. The van der Waals surface area contributed by atoms with Crippen molar-refractivity contribution in [2.24, 2.45) is 0 Å². The number of hydrogen-bond donors (Lipinski definition) is 0. The molecule has 0 fully saturated rings. The molecule has 1 unspecified atom stereocenters. The SMILES string of the molecule is CC(C)(C)N1C=CC=C[N+]1([O-])C(C)(C)Oc1ccccc1. The average Bonchev–Trinajstić information content (AvgIpc) is 2.38. The molecule has 1 aliphatic rings. The van der Waals surface area contributed by atoms with Crippen LogP contribution < -0.4 is 4.74 Å². The van der Waals surface area contributed by atoms with Crippen molar-refractivity contribution in [2.45, 2.75) is 45.9 Å². The first-order valence-electron chi connectivity index (χ1n) is 7.17. The zero-order chi connectivity index (χ0) is 15.7. The molecule has 21 heavy (non-hydrogen) atoms. The first-order chi connectivity index (χ1) is 9.67. The van der Waals surface area contributed by atoms with Gasteiger partial charge in [0.1, 0.15) is 11.9 Å². The number of hydroxylamine groups is 2. The van der Waals surface area contributed by atoms with E-state index in [2.05, 4.69) is 0 Å². The van der Waals surface area contributed by atoms with Gasteiger partial charge in [-0.2, -0.15) is 4.76 Å². The maximum Gasteiger partial charge on any atom is 0.263 e. The standard InChI is InChI=1S/C17H24N2O2/c1-16(2,3)18-13-9-10-14-19(18,20)17(4,5)21-15-11-7-6-8-12-15/h6-14H,1-5H3. The van der Waals surface area contributed by atoms with Gasteiger partial charge in [0.25, 0.3) is 5.72 Å². The Labute approximate surface area is 127 Å². The summed E-state index contributed by atoms with van der Waals surface area (Å²) in [5, 5.41) is 15.3. The number of benzene rings is 1. The van der Waals surface area contributed by atoms with Crippen LogP contribution in [0.5, 0.6) is 5.75 Å². The van der Waals surface area contributed by atoms with Crippen molar-refractivity contribution >= 4 is 0 Å². The predicted molar refractivity (Wildman–Crippen MR) is 84.6 cm³/mol. The van der Waals surface area contributed by atoms with Gasteiger partial charge >= 0.3 is 0 Å². The molecule has 114 valence electrons. The highest BCUT2D eigenvalue weighted by molar-refractivity contribution is 5.21. The van der Waals surface area contributed by atoms with Crippen molar-refractivity contribution in [1.29, 1.82) is 0 Å². The monoisotopic (exact) mass is 288 g/mol. The third-order valence-corrected chi connectivity index (χ3v) is 3.52. The van der Waals surface area contributed by atoms with Gasteiger partial charge in [0, 0.05) is 13.8 Å². The Bertz CT molecular complexity index is 544. The van der Waals surface area contributed by atoms with Gasteiger partial charge < -0.3 is 9.94 Å². The van der Waals surface area contributed by atoms with Crippen LogP contribution in [-0.2, 0) is 0 Å². The molecular formula is C17H24N2O2. The first-order valence-corrected chi connectivity index (χ1v) is 7.17. The minimum Gasteiger partial charge on any atom is -0.598 e. The number of rotatable bonds is 3. The third kappa shape index (κ3) is 2.96. The van der Waals surface area contributed by atoms with Gasteiger partial charge in [0.05, 0.1) is 11.7 Å². The van der Waals surface area contributed by atoms with Gasteiger partial charge in [-0.1, -0.05) is 18.2 Å². The average molecular weight is 288 g/mol. The Morgan fingerprint density at radius 2 is 1.62 bits per heavy atom. The van der Waals surface area contributed by atoms with E-state index in [4.69, 9.17) is 4.74 Å². The van der Waals surface area contributed by atoms with E-state index < -0.39 is 10.5 Å². The van der Waals surface area contributed by atoms with Crippen LogP contribution >= 0.6 is 0 Å². The second-order valence-corrected chi connectivity index (χ2v) is 6.68. The van der Waals surface area contributed by atoms with E-state index in [0.29, 0.717) is 5.75 Å². The van der Waals surface area contributed by atoms with Crippen LogP contribution in [0.25, 0.3) is 0 Å². The molecule has 1 atom stereocenters. The molecule has 0 saturated heterocycles. The zero-order valence-electron chi connectivity index (χ0n) is 13.4. The molecule has 1 heterocycles. The Hall–Kier alpha value is -1.78. The number of ether oxygens (including phenoxy) is 1. The van der Waals surface area contributed by atoms with Crippen molar-refractivity contribution in [3.05, 3.63) is 60.1 Å². The second-order valence-electron chi connectivity index (χ2n) is 6.68. The molecule has 2 rings (SSSR count). The van der Waals surface area contributed by atoms with E-state index in [1.165, 1.54) is 0 Å². The van der Waals surface area contributed by atoms with E-state index in [0.717, 1.165) is 0 Å². The molecule has 1 aromatic carbocycles. The van der Waals surface area contributed by atoms with Crippen LogP contribution in [0.15, 0.2) is 54.9 Å². The molecule has 0 amide bonds. The minimum atomic E-state index is -0.990. The molecule has 1 aromatic rings. The van der Waals surface area contributed by atoms with E-state index in [9.17, 15) is 5.21 Å². The zero-order valence-corrected chi connectivity index (χ0v) is 13.4. The molecule has 0 spiro atoms. The lowest BCUT2D eigenvalue weighted by molar-refractivity contribution is -1.01. The second kappa shape index (κ2) is 5.20. The number of quaternary nitrogens is 1. The van der Waals surface area contributed by atoms with Gasteiger partial charge in [-0.25, -0.2) is 5.01 Å². The number of allylic oxidation sites excluding steroid dienone is 2. The van der Waals surface area contributed by atoms with Crippen LogP contribution in [-0.4, -0.2) is 21.0 Å². The van der Waals surface area contributed by atoms with Gasteiger partial charge in [0.2, 0.25) is 0 Å². The van der Waals surface area contributed by atoms with Gasteiger partial charge in [-0.15, -0.1) is 0 Å². The highest BCUT2D eigenvalue weighted by Gasteiger charge is 2.47. The van der Waals surface area contributed by atoms with Crippen LogP contribution in [0.1, 0.15) is 34.6 Å². The van der Waals surface area contributed by atoms with E-state index in [1.807, 2.05) is 77.2 Å². The Morgan fingerprint density at radius 3 is 2.19 bits per heavy atom. The van der Waals surface area contributed by atoms with Crippen molar-refractivity contribution in [3.8, 4) is 5.75 Å². The molecule has 1 aliphatic heterocycles. The summed E-state index contributed by atoms with van der Waals surface area (Å²) < 4.78 is 5.31. The fourth-order valence-corrected chi connectivity index (χ4v) is 2.42. The van der Waals surface area contributed by atoms with Gasteiger partial charge in [0.15, 0.2) is 0 Å². The Kier molecular flexibility index (Phi) is 3.87. The lowest BCUT2D eigenvalue weighted by Gasteiger charge is -2.58. The van der Waals surface area contributed by atoms with Crippen molar-refractivity contribution in [1.82, 2.24) is 5.01 Å². The van der Waals surface area contributed by atoms with E-state index >= 15 is 0 Å². The highest BCUT2D eigenvalue weighted by Crippen LogP contribution is 2.36. The fourth-order valence-electron chi connectivity index (χ4n) is 2.42. The quantitative estimate of drug-likeness (QED) is 0.618. The van der Waals surface area contributed by atoms with Gasteiger partial charge in [-0.05, 0) is 45.1 Å². The molecule has 0 radical (unpaired) electrons. The summed E-state index contributed by atoms with van der Waals surface area (Å²) in [6.45, 7) is 9.67. The predicted octanol–water partition coefficient (Wildman–Crippen LogP) is 4.17. The summed E-state index contributed by atoms with van der Waals surface area (Å²) in [7, 11) is 0. The van der Waals surface area contributed by atoms with Crippen molar-refractivity contribution in [2.75, 3.05) is 0 Å². The number of hydrogen-bond acceptors (Lipinski definition) is 3. The summed E-state index contributed by atoms with van der Waals surface area (Å²) in [6, 6.07) is 9.44. The van der Waals surface area contributed by atoms with E-state index in [1.54, 1.807) is 17.3 Å². The molecule has 0 aromatic heterocycles. The van der Waals surface area contributed by atoms with Crippen LogP contribution in [0, 0.1) is 5.21 Å². The molecule has 0 aliphatic carbocycles. The van der Waals surface area contributed by atoms with Crippen LogP contribution in [0.3, 0.4) is 0 Å².